The van der Waals surface area contributed by atoms with Crippen LogP contribution in [0, 0.1) is 20.8 Å². The van der Waals surface area contributed by atoms with E-state index in [2.05, 4.69) is 25.6 Å². The van der Waals surface area contributed by atoms with Gasteiger partial charge in [0.1, 0.15) is 0 Å². The molecule has 0 unspecified atom stereocenters. The van der Waals surface area contributed by atoms with E-state index >= 15 is 0 Å². The Morgan fingerprint density at radius 2 is 1.70 bits per heavy atom. The molecule has 0 atom stereocenters. The quantitative estimate of drug-likeness (QED) is 0.707. The van der Waals surface area contributed by atoms with E-state index in [9.17, 15) is 9.59 Å². The lowest BCUT2D eigenvalue weighted by Gasteiger charge is -2.12. The molecule has 0 fully saturated rings. The normalized spacial score (nSPS) is 10.5. The maximum atomic E-state index is 12.4. The number of aromatic nitrogens is 3. The Hall–Kier alpha value is -3.13. The van der Waals surface area contributed by atoms with Crippen molar-refractivity contribution in [1.82, 2.24) is 15.0 Å². The molecule has 1 aromatic carbocycles. The van der Waals surface area contributed by atoms with Crippen LogP contribution in [0.2, 0.25) is 0 Å². The molecule has 2 N–H and O–H groups in total. The number of benzene rings is 1. The van der Waals surface area contributed by atoms with Crippen LogP contribution in [0.5, 0.6) is 0 Å². The van der Waals surface area contributed by atoms with Crippen molar-refractivity contribution >= 4 is 34.0 Å². The third-order valence-electron chi connectivity index (χ3n) is 3.82. The highest BCUT2D eigenvalue weighted by molar-refractivity contribution is 7.14. The zero-order valence-electron chi connectivity index (χ0n) is 15.2. The molecule has 2 amide bonds. The lowest BCUT2D eigenvalue weighted by atomic mass is 10.0. The second-order valence-electron chi connectivity index (χ2n) is 6.17. The number of amides is 2. The first-order valence-electron chi connectivity index (χ1n) is 8.33. The average molecular weight is 381 g/mol. The lowest BCUT2D eigenvalue weighted by Crippen LogP contribution is -2.17. The standard InChI is InChI=1S/C19H19N5O2S/c1-11-7-12(2)16(13(3)8-11)23-15(25)9-14-10-27-19(22-14)24-18(26)17-20-5-4-6-21-17/h4-8,10H,9H2,1-3H3,(H,23,25)(H,22,24,26). The summed E-state index contributed by atoms with van der Waals surface area (Å²) in [6, 6.07) is 5.70. The Bertz CT molecular complexity index is 962. The summed E-state index contributed by atoms with van der Waals surface area (Å²) in [6.45, 7) is 5.96. The van der Waals surface area contributed by atoms with Crippen LogP contribution in [0.3, 0.4) is 0 Å². The molecule has 0 aliphatic rings. The van der Waals surface area contributed by atoms with Gasteiger partial charge < -0.3 is 5.32 Å². The van der Waals surface area contributed by atoms with Gasteiger partial charge in [0.2, 0.25) is 11.7 Å². The molecule has 0 saturated heterocycles. The summed E-state index contributed by atoms with van der Waals surface area (Å²) in [6.07, 6.45) is 3.12. The second-order valence-corrected chi connectivity index (χ2v) is 7.03. The van der Waals surface area contributed by atoms with Crippen molar-refractivity contribution < 1.29 is 9.59 Å². The van der Waals surface area contributed by atoms with Gasteiger partial charge in [-0.25, -0.2) is 15.0 Å². The van der Waals surface area contributed by atoms with Gasteiger partial charge in [-0.05, 0) is 38.0 Å². The number of thiazole rings is 1. The van der Waals surface area contributed by atoms with Crippen molar-refractivity contribution in [2.45, 2.75) is 27.2 Å². The Labute approximate surface area is 160 Å². The van der Waals surface area contributed by atoms with Crippen LogP contribution < -0.4 is 10.6 Å². The molecule has 0 aliphatic heterocycles. The fourth-order valence-electron chi connectivity index (χ4n) is 2.74. The molecular weight excluding hydrogens is 362 g/mol. The predicted molar refractivity (Wildman–Crippen MR) is 105 cm³/mol. The van der Waals surface area contributed by atoms with E-state index in [1.54, 1.807) is 11.4 Å². The van der Waals surface area contributed by atoms with Gasteiger partial charge in [0.05, 0.1) is 12.1 Å². The number of carbonyl (C=O) groups is 2. The monoisotopic (exact) mass is 381 g/mol. The van der Waals surface area contributed by atoms with Crippen molar-refractivity contribution in [3.63, 3.8) is 0 Å². The van der Waals surface area contributed by atoms with Crippen LogP contribution >= 0.6 is 11.3 Å². The first-order valence-corrected chi connectivity index (χ1v) is 9.21. The molecular formula is C19H19N5O2S. The number of aryl methyl sites for hydroxylation is 3. The molecule has 0 aliphatic carbocycles. The first kappa shape index (κ1) is 18.7. The smallest absolute Gasteiger partial charge is 0.295 e. The molecule has 138 valence electrons. The minimum atomic E-state index is -0.438. The zero-order valence-corrected chi connectivity index (χ0v) is 16.1. The summed E-state index contributed by atoms with van der Waals surface area (Å²) < 4.78 is 0. The minimum absolute atomic E-state index is 0.0670. The van der Waals surface area contributed by atoms with Gasteiger partial charge in [-0.1, -0.05) is 17.7 Å². The lowest BCUT2D eigenvalue weighted by molar-refractivity contribution is -0.115. The highest BCUT2D eigenvalue weighted by Gasteiger charge is 2.14. The molecule has 7 nitrogen and oxygen atoms in total. The minimum Gasteiger partial charge on any atom is -0.325 e. The Balaban J connectivity index is 1.62. The number of rotatable bonds is 5. The largest absolute Gasteiger partial charge is 0.325 e. The third kappa shape index (κ3) is 4.73. The molecule has 2 heterocycles. The summed E-state index contributed by atoms with van der Waals surface area (Å²) in [5.41, 5.74) is 4.62. The zero-order chi connectivity index (χ0) is 19.4. The topological polar surface area (TPSA) is 96.9 Å². The predicted octanol–water partition coefficient (Wildman–Crippen LogP) is 3.29. The SMILES string of the molecule is Cc1cc(C)c(NC(=O)Cc2csc(NC(=O)c3ncccn3)n2)c(C)c1. The number of carbonyl (C=O) groups excluding carboxylic acids is 2. The Kier molecular flexibility index (Phi) is 5.56. The maximum absolute atomic E-state index is 12.4. The molecule has 3 aromatic rings. The molecule has 27 heavy (non-hydrogen) atoms. The molecule has 0 radical (unpaired) electrons. The number of hydrogen-bond donors (Lipinski definition) is 2. The van der Waals surface area contributed by atoms with Crippen molar-refractivity contribution in [3.05, 3.63) is 64.2 Å². The summed E-state index contributed by atoms with van der Waals surface area (Å²) in [5.74, 6) is -0.524. The van der Waals surface area contributed by atoms with E-state index in [4.69, 9.17) is 0 Å². The summed E-state index contributed by atoms with van der Waals surface area (Å²) in [7, 11) is 0. The molecule has 2 aromatic heterocycles. The molecule has 0 saturated carbocycles. The Morgan fingerprint density at radius 3 is 2.37 bits per heavy atom. The van der Waals surface area contributed by atoms with E-state index < -0.39 is 5.91 Å². The fraction of sp³-hybridized carbons (Fsp3) is 0.211. The van der Waals surface area contributed by atoms with Crippen LogP contribution in [0.1, 0.15) is 33.0 Å². The summed E-state index contributed by atoms with van der Waals surface area (Å²) in [5, 5.41) is 7.73. The van der Waals surface area contributed by atoms with Gasteiger partial charge in [0.25, 0.3) is 5.91 Å². The van der Waals surface area contributed by atoms with Gasteiger partial charge in [0, 0.05) is 23.5 Å². The highest BCUT2D eigenvalue weighted by atomic mass is 32.1. The van der Waals surface area contributed by atoms with Crippen LogP contribution in [0.4, 0.5) is 10.8 Å². The summed E-state index contributed by atoms with van der Waals surface area (Å²) >= 11 is 1.25. The van der Waals surface area contributed by atoms with Crippen LogP contribution in [-0.2, 0) is 11.2 Å². The van der Waals surface area contributed by atoms with Crippen LogP contribution in [0.15, 0.2) is 36.0 Å². The highest BCUT2D eigenvalue weighted by Crippen LogP contribution is 2.22. The van der Waals surface area contributed by atoms with Crippen LogP contribution in [-0.4, -0.2) is 26.8 Å². The fourth-order valence-corrected chi connectivity index (χ4v) is 3.45. The Morgan fingerprint density at radius 1 is 1.04 bits per heavy atom. The molecule has 0 bridgehead atoms. The van der Waals surface area contributed by atoms with E-state index in [0.717, 1.165) is 22.4 Å². The maximum Gasteiger partial charge on any atom is 0.295 e. The molecule has 0 spiro atoms. The van der Waals surface area contributed by atoms with Crippen molar-refractivity contribution in [1.29, 1.82) is 0 Å². The van der Waals surface area contributed by atoms with Gasteiger partial charge in [-0.15, -0.1) is 11.3 Å². The van der Waals surface area contributed by atoms with Gasteiger partial charge in [-0.2, -0.15) is 0 Å². The van der Waals surface area contributed by atoms with E-state index in [1.165, 1.54) is 23.7 Å². The average Bonchev–Trinajstić information content (AvgIpc) is 3.05. The van der Waals surface area contributed by atoms with E-state index in [1.807, 2.05) is 32.9 Å². The van der Waals surface area contributed by atoms with Crippen molar-refractivity contribution in [2.24, 2.45) is 0 Å². The van der Waals surface area contributed by atoms with Crippen LogP contribution in [0.25, 0.3) is 0 Å². The number of hydrogen-bond acceptors (Lipinski definition) is 6. The van der Waals surface area contributed by atoms with Gasteiger partial charge in [0.15, 0.2) is 5.13 Å². The van der Waals surface area contributed by atoms with E-state index in [-0.39, 0.29) is 18.2 Å². The molecule has 8 heteroatoms. The van der Waals surface area contributed by atoms with Gasteiger partial charge in [-0.3, -0.25) is 14.9 Å². The van der Waals surface area contributed by atoms with E-state index in [0.29, 0.717) is 10.8 Å². The first-order chi connectivity index (χ1) is 12.9. The number of nitrogens with zero attached hydrogens (tertiary/aromatic N) is 3. The molecule has 3 rings (SSSR count). The second kappa shape index (κ2) is 8.05. The number of nitrogens with one attached hydrogen (secondary N) is 2. The van der Waals surface area contributed by atoms with Crippen molar-refractivity contribution in [3.8, 4) is 0 Å². The number of anilines is 2. The summed E-state index contributed by atoms with van der Waals surface area (Å²) in [4.78, 5) is 36.5. The van der Waals surface area contributed by atoms with Gasteiger partial charge >= 0.3 is 0 Å². The van der Waals surface area contributed by atoms with Crippen molar-refractivity contribution in [2.75, 3.05) is 10.6 Å². The third-order valence-corrected chi connectivity index (χ3v) is 4.63.